The lowest BCUT2D eigenvalue weighted by atomic mass is 10.0. The van der Waals surface area contributed by atoms with Crippen LogP contribution < -0.4 is 15.0 Å². The van der Waals surface area contributed by atoms with E-state index in [4.69, 9.17) is 9.47 Å². The molecule has 1 fully saturated rings. The second kappa shape index (κ2) is 9.91. The van der Waals surface area contributed by atoms with Crippen molar-refractivity contribution in [1.29, 1.82) is 0 Å². The van der Waals surface area contributed by atoms with Crippen LogP contribution >= 0.6 is 0 Å². The quantitative estimate of drug-likeness (QED) is 0.628. The van der Waals surface area contributed by atoms with Crippen LogP contribution in [0.2, 0.25) is 0 Å². The maximum atomic E-state index is 12.3. The van der Waals surface area contributed by atoms with Crippen molar-refractivity contribution < 1.29 is 14.3 Å². The van der Waals surface area contributed by atoms with Gasteiger partial charge in [0, 0.05) is 43.4 Å². The summed E-state index contributed by atoms with van der Waals surface area (Å²) in [6, 6.07) is 9.56. The van der Waals surface area contributed by atoms with Crippen LogP contribution in [0.1, 0.15) is 26.7 Å². The summed E-state index contributed by atoms with van der Waals surface area (Å²) in [6.07, 6.45) is 5.62. The van der Waals surface area contributed by atoms with E-state index in [-0.39, 0.29) is 12.1 Å². The molecule has 0 bridgehead atoms. The van der Waals surface area contributed by atoms with E-state index in [1.165, 1.54) is 4.90 Å². The van der Waals surface area contributed by atoms with Crippen molar-refractivity contribution in [3.63, 3.8) is 0 Å². The summed E-state index contributed by atoms with van der Waals surface area (Å²) in [5.74, 6) is 1.53. The molecular weight excluding hydrogens is 406 g/mol. The summed E-state index contributed by atoms with van der Waals surface area (Å²) in [5, 5.41) is 2.85. The molecule has 1 N–H and O–H groups in total. The maximum absolute atomic E-state index is 12.3. The van der Waals surface area contributed by atoms with E-state index in [9.17, 15) is 4.79 Å². The van der Waals surface area contributed by atoms with Crippen LogP contribution in [0.4, 0.5) is 10.6 Å². The number of ether oxygens (including phenoxy) is 2. The van der Waals surface area contributed by atoms with Gasteiger partial charge in [-0.05, 0) is 50.5 Å². The SMILES string of the molecule is CC(C)NC(=O)N(C)c1cnc2ccc(-c3ccc(OCC4CCCOC4)nc3)cc2n1. The number of amides is 2. The molecule has 4 rings (SSSR count). The fraction of sp³-hybridized carbons (Fsp3) is 0.417. The summed E-state index contributed by atoms with van der Waals surface area (Å²) >= 11 is 0. The molecule has 1 aliphatic heterocycles. The Kier molecular flexibility index (Phi) is 6.80. The molecular formula is C24H29N5O3. The highest BCUT2D eigenvalue weighted by atomic mass is 16.5. The Morgan fingerprint density at radius 2 is 2.03 bits per heavy atom. The van der Waals surface area contributed by atoms with Gasteiger partial charge in [0.25, 0.3) is 0 Å². The summed E-state index contributed by atoms with van der Waals surface area (Å²) in [5.41, 5.74) is 3.40. The number of carbonyl (C=O) groups is 1. The van der Waals surface area contributed by atoms with Crippen molar-refractivity contribution in [2.75, 3.05) is 31.8 Å². The molecule has 0 radical (unpaired) electrons. The Labute approximate surface area is 188 Å². The van der Waals surface area contributed by atoms with Crippen molar-refractivity contribution >= 4 is 22.9 Å². The third-order valence-corrected chi connectivity index (χ3v) is 5.38. The molecule has 8 nitrogen and oxygen atoms in total. The van der Waals surface area contributed by atoms with E-state index in [0.717, 1.165) is 42.7 Å². The molecule has 168 valence electrons. The fourth-order valence-electron chi connectivity index (χ4n) is 3.57. The maximum Gasteiger partial charge on any atom is 0.323 e. The lowest BCUT2D eigenvalue weighted by Crippen LogP contribution is -2.41. The zero-order chi connectivity index (χ0) is 22.5. The molecule has 2 aromatic heterocycles. The number of hydrogen-bond acceptors (Lipinski definition) is 6. The van der Waals surface area contributed by atoms with Gasteiger partial charge in [0.2, 0.25) is 5.88 Å². The normalized spacial score (nSPS) is 16.2. The molecule has 0 spiro atoms. The summed E-state index contributed by atoms with van der Waals surface area (Å²) in [4.78, 5) is 27.3. The number of nitrogens with one attached hydrogen (secondary N) is 1. The van der Waals surface area contributed by atoms with Gasteiger partial charge < -0.3 is 14.8 Å². The van der Waals surface area contributed by atoms with Gasteiger partial charge in [0.1, 0.15) is 0 Å². The zero-order valence-corrected chi connectivity index (χ0v) is 18.7. The number of rotatable bonds is 6. The molecule has 1 unspecified atom stereocenters. The highest BCUT2D eigenvalue weighted by molar-refractivity contribution is 5.91. The monoisotopic (exact) mass is 435 g/mol. The molecule has 1 saturated heterocycles. The average Bonchev–Trinajstić information content (AvgIpc) is 2.82. The highest BCUT2D eigenvalue weighted by Crippen LogP contribution is 2.25. The second-order valence-electron chi connectivity index (χ2n) is 8.37. The number of carbonyl (C=O) groups excluding carboxylic acids is 1. The van der Waals surface area contributed by atoms with Crippen molar-refractivity contribution in [3.05, 3.63) is 42.7 Å². The minimum atomic E-state index is -0.218. The van der Waals surface area contributed by atoms with Crippen LogP contribution in [0.15, 0.2) is 42.7 Å². The molecule has 1 aromatic carbocycles. The van der Waals surface area contributed by atoms with Crippen LogP contribution in [-0.2, 0) is 4.74 Å². The molecule has 32 heavy (non-hydrogen) atoms. The topological polar surface area (TPSA) is 89.5 Å². The second-order valence-corrected chi connectivity index (χ2v) is 8.37. The third kappa shape index (κ3) is 5.31. The number of fused-ring (bicyclic) bond motifs is 1. The Balaban J connectivity index is 1.48. The average molecular weight is 436 g/mol. The predicted molar refractivity (Wildman–Crippen MR) is 124 cm³/mol. The van der Waals surface area contributed by atoms with E-state index in [2.05, 4.69) is 20.3 Å². The smallest absolute Gasteiger partial charge is 0.323 e. The van der Waals surface area contributed by atoms with Gasteiger partial charge in [0.15, 0.2) is 5.82 Å². The Morgan fingerprint density at radius 1 is 1.19 bits per heavy atom. The van der Waals surface area contributed by atoms with Crippen LogP contribution in [0, 0.1) is 5.92 Å². The van der Waals surface area contributed by atoms with E-state index in [1.54, 1.807) is 19.4 Å². The first-order valence-corrected chi connectivity index (χ1v) is 11.0. The number of pyridine rings is 1. The van der Waals surface area contributed by atoms with Crippen molar-refractivity contribution in [2.45, 2.75) is 32.7 Å². The summed E-state index contributed by atoms with van der Waals surface area (Å²) in [7, 11) is 1.68. The third-order valence-electron chi connectivity index (χ3n) is 5.38. The van der Waals surface area contributed by atoms with Gasteiger partial charge in [-0.25, -0.2) is 14.8 Å². The molecule has 1 aliphatic rings. The minimum absolute atomic E-state index is 0.0421. The van der Waals surface area contributed by atoms with Crippen LogP contribution in [0.5, 0.6) is 5.88 Å². The molecule has 2 amide bonds. The van der Waals surface area contributed by atoms with Crippen molar-refractivity contribution in [3.8, 4) is 17.0 Å². The molecule has 8 heteroatoms. The molecule has 0 aliphatic carbocycles. The first-order valence-electron chi connectivity index (χ1n) is 11.0. The van der Waals surface area contributed by atoms with Gasteiger partial charge >= 0.3 is 6.03 Å². The largest absolute Gasteiger partial charge is 0.477 e. The molecule has 3 heterocycles. The molecule has 1 atom stereocenters. The minimum Gasteiger partial charge on any atom is -0.477 e. The standard InChI is InChI=1S/C24H29N5O3/c1-16(2)27-24(30)29(3)22-13-25-20-8-6-18(11-21(20)28-22)19-7-9-23(26-12-19)32-15-17-5-4-10-31-14-17/h6-9,11-13,16-17H,4-5,10,14-15H2,1-3H3,(H,27,30). The van der Waals surface area contributed by atoms with E-state index in [1.807, 2.05) is 44.2 Å². The Morgan fingerprint density at radius 3 is 2.75 bits per heavy atom. The lowest BCUT2D eigenvalue weighted by Gasteiger charge is -2.21. The fourth-order valence-corrected chi connectivity index (χ4v) is 3.57. The van der Waals surface area contributed by atoms with Gasteiger partial charge in [0.05, 0.1) is 30.4 Å². The van der Waals surface area contributed by atoms with E-state index < -0.39 is 0 Å². The van der Waals surface area contributed by atoms with Gasteiger partial charge in [-0.15, -0.1) is 0 Å². The molecule has 0 saturated carbocycles. The number of urea groups is 1. The van der Waals surface area contributed by atoms with Gasteiger partial charge in [-0.3, -0.25) is 9.88 Å². The molecule has 3 aromatic rings. The zero-order valence-electron chi connectivity index (χ0n) is 18.7. The van der Waals surface area contributed by atoms with Crippen LogP contribution in [0.3, 0.4) is 0 Å². The first-order chi connectivity index (χ1) is 15.5. The first kappa shape index (κ1) is 22.0. The number of nitrogens with zero attached hydrogens (tertiary/aromatic N) is 4. The lowest BCUT2D eigenvalue weighted by molar-refractivity contribution is 0.0344. The summed E-state index contributed by atoms with van der Waals surface area (Å²) in [6.45, 7) is 6.06. The number of benzene rings is 1. The van der Waals surface area contributed by atoms with E-state index >= 15 is 0 Å². The van der Waals surface area contributed by atoms with Crippen molar-refractivity contribution in [2.24, 2.45) is 5.92 Å². The number of hydrogen-bond donors (Lipinski definition) is 1. The Bertz CT molecular complexity index is 1060. The summed E-state index contributed by atoms with van der Waals surface area (Å²) < 4.78 is 11.3. The Hall–Kier alpha value is -3.26. The van der Waals surface area contributed by atoms with E-state index in [0.29, 0.717) is 29.7 Å². The van der Waals surface area contributed by atoms with Crippen LogP contribution in [-0.4, -0.2) is 53.9 Å². The number of aromatic nitrogens is 3. The van der Waals surface area contributed by atoms with Gasteiger partial charge in [-0.1, -0.05) is 6.07 Å². The van der Waals surface area contributed by atoms with Gasteiger partial charge in [-0.2, -0.15) is 0 Å². The number of anilines is 1. The predicted octanol–water partition coefficient (Wildman–Crippen LogP) is 4.05. The highest BCUT2D eigenvalue weighted by Gasteiger charge is 2.16. The van der Waals surface area contributed by atoms with Crippen molar-refractivity contribution in [1.82, 2.24) is 20.3 Å². The van der Waals surface area contributed by atoms with Crippen LogP contribution in [0.25, 0.3) is 22.2 Å².